The Morgan fingerprint density at radius 1 is 1.32 bits per heavy atom. The molecule has 0 spiro atoms. The Morgan fingerprint density at radius 2 is 2.21 bits per heavy atom. The van der Waals surface area contributed by atoms with Crippen molar-refractivity contribution in [3.8, 4) is 0 Å². The summed E-state index contributed by atoms with van der Waals surface area (Å²) in [5.41, 5.74) is 2.02. The van der Waals surface area contributed by atoms with E-state index in [9.17, 15) is 0 Å². The van der Waals surface area contributed by atoms with E-state index in [2.05, 4.69) is 22.0 Å². The summed E-state index contributed by atoms with van der Waals surface area (Å²) < 4.78 is 7.37. The molecule has 0 N–H and O–H groups in total. The van der Waals surface area contributed by atoms with Gasteiger partial charge in [-0.25, -0.2) is 9.50 Å². The van der Waals surface area contributed by atoms with E-state index in [-0.39, 0.29) is 0 Å². The Hall–Kier alpha value is -2.14. The van der Waals surface area contributed by atoms with Gasteiger partial charge in [0.05, 0.1) is 12.7 Å². The summed E-state index contributed by atoms with van der Waals surface area (Å²) in [4.78, 5) is 6.54. The lowest BCUT2D eigenvalue weighted by molar-refractivity contribution is 0.286. The van der Waals surface area contributed by atoms with Crippen molar-refractivity contribution in [2.24, 2.45) is 0 Å². The highest BCUT2D eigenvalue weighted by atomic mass is 16.3. The summed E-state index contributed by atoms with van der Waals surface area (Å²) in [7, 11) is 2.06. The second kappa shape index (κ2) is 4.85. The van der Waals surface area contributed by atoms with Crippen LogP contribution in [-0.4, -0.2) is 26.5 Å². The maximum atomic E-state index is 5.58. The highest BCUT2D eigenvalue weighted by molar-refractivity contribution is 5.45. The summed E-state index contributed by atoms with van der Waals surface area (Å²) in [6.45, 7) is 3.52. The maximum absolute atomic E-state index is 5.58. The number of hydrogen-bond acceptors (Lipinski definition) is 4. The summed E-state index contributed by atoms with van der Waals surface area (Å²) in [5, 5.41) is 4.29. The molecule has 0 aliphatic heterocycles. The first kappa shape index (κ1) is 11.9. The third-order valence-corrected chi connectivity index (χ3v) is 3.01. The normalized spacial score (nSPS) is 11.5. The van der Waals surface area contributed by atoms with Crippen LogP contribution in [0.5, 0.6) is 0 Å². The zero-order valence-electron chi connectivity index (χ0n) is 11.1. The van der Waals surface area contributed by atoms with E-state index in [0.717, 1.165) is 35.8 Å². The third-order valence-electron chi connectivity index (χ3n) is 3.01. The SMILES string of the molecule is Cc1ccc(CN(C)Cc2cnn3cccnc23)o1. The first-order valence-corrected chi connectivity index (χ1v) is 6.23. The lowest BCUT2D eigenvalue weighted by Crippen LogP contribution is -2.16. The van der Waals surface area contributed by atoms with E-state index in [0.29, 0.717) is 0 Å². The van der Waals surface area contributed by atoms with Gasteiger partial charge in [-0.05, 0) is 32.2 Å². The smallest absolute Gasteiger partial charge is 0.159 e. The summed E-state index contributed by atoms with van der Waals surface area (Å²) in [5.74, 6) is 1.92. The fraction of sp³-hybridized carbons (Fsp3) is 0.286. The molecule has 0 fully saturated rings. The molecule has 98 valence electrons. The minimum atomic E-state index is 0.776. The Kier molecular flexibility index (Phi) is 3.05. The van der Waals surface area contributed by atoms with Crippen LogP contribution in [0.3, 0.4) is 0 Å². The van der Waals surface area contributed by atoms with Crippen LogP contribution in [0.2, 0.25) is 0 Å². The van der Waals surface area contributed by atoms with Crippen LogP contribution in [-0.2, 0) is 13.1 Å². The fourth-order valence-electron chi connectivity index (χ4n) is 2.17. The number of rotatable bonds is 4. The van der Waals surface area contributed by atoms with Crippen molar-refractivity contribution in [2.45, 2.75) is 20.0 Å². The van der Waals surface area contributed by atoms with Gasteiger partial charge in [0, 0.05) is 24.5 Å². The van der Waals surface area contributed by atoms with Crippen molar-refractivity contribution < 1.29 is 4.42 Å². The zero-order chi connectivity index (χ0) is 13.2. The summed E-state index contributed by atoms with van der Waals surface area (Å²) in [6, 6.07) is 5.87. The molecule has 5 nitrogen and oxygen atoms in total. The van der Waals surface area contributed by atoms with Crippen molar-refractivity contribution in [1.29, 1.82) is 0 Å². The average Bonchev–Trinajstić information content (AvgIpc) is 2.97. The van der Waals surface area contributed by atoms with Gasteiger partial charge in [0.15, 0.2) is 5.65 Å². The molecule has 0 atom stereocenters. The second-order valence-electron chi connectivity index (χ2n) is 4.74. The van der Waals surface area contributed by atoms with Crippen LogP contribution in [0, 0.1) is 6.92 Å². The Bertz CT molecular complexity index is 685. The van der Waals surface area contributed by atoms with E-state index < -0.39 is 0 Å². The van der Waals surface area contributed by atoms with Gasteiger partial charge in [0.1, 0.15) is 11.5 Å². The van der Waals surface area contributed by atoms with Gasteiger partial charge in [0.2, 0.25) is 0 Å². The standard InChI is InChI=1S/C14H16N4O/c1-11-4-5-13(19-11)10-17(2)9-12-8-16-18-7-3-6-15-14(12)18/h3-8H,9-10H2,1-2H3. The third kappa shape index (κ3) is 2.51. The largest absolute Gasteiger partial charge is 0.465 e. The van der Waals surface area contributed by atoms with E-state index in [1.54, 1.807) is 10.7 Å². The van der Waals surface area contributed by atoms with Gasteiger partial charge in [-0.2, -0.15) is 5.10 Å². The molecule has 3 rings (SSSR count). The molecule has 0 saturated heterocycles. The molecule has 0 amide bonds. The van der Waals surface area contributed by atoms with Crippen LogP contribution in [0.1, 0.15) is 17.1 Å². The van der Waals surface area contributed by atoms with Crippen LogP contribution in [0.15, 0.2) is 41.2 Å². The van der Waals surface area contributed by atoms with E-state index >= 15 is 0 Å². The van der Waals surface area contributed by atoms with Gasteiger partial charge in [-0.1, -0.05) is 0 Å². The highest BCUT2D eigenvalue weighted by Crippen LogP contribution is 2.13. The van der Waals surface area contributed by atoms with Crippen molar-refractivity contribution in [1.82, 2.24) is 19.5 Å². The number of aromatic nitrogens is 3. The maximum Gasteiger partial charge on any atom is 0.159 e. The van der Waals surface area contributed by atoms with Gasteiger partial charge in [-0.3, -0.25) is 4.90 Å². The molecular weight excluding hydrogens is 240 g/mol. The van der Waals surface area contributed by atoms with E-state index in [4.69, 9.17) is 4.42 Å². The first-order valence-electron chi connectivity index (χ1n) is 6.23. The molecule has 0 aliphatic carbocycles. The Labute approximate surface area is 111 Å². The zero-order valence-corrected chi connectivity index (χ0v) is 11.1. The average molecular weight is 256 g/mol. The molecule has 0 radical (unpaired) electrons. The molecular formula is C14H16N4O. The minimum absolute atomic E-state index is 0.776. The Balaban J connectivity index is 1.74. The molecule has 3 aromatic rings. The van der Waals surface area contributed by atoms with E-state index in [1.807, 2.05) is 37.5 Å². The molecule has 0 saturated carbocycles. The van der Waals surface area contributed by atoms with Crippen molar-refractivity contribution in [2.75, 3.05) is 7.05 Å². The summed E-state index contributed by atoms with van der Waals surface area (Å²) >= 11 is 0. The van der Waals surface area contributed by atoms with Gasteiger partial charge in [0.25, 0.3) is 0 Å². The highest BCUT2D eigenvalue weighted by Gasteiger charge is 2.09. The number of aryl methyl sites for hydroxylation is 1. The van der Waals surface area contributed by atoms with Crippen molar-refractivity contribution in [3.05, 3.63) is 53.9 Å². The van der Waals surface area contributed by atoms with Crippen molar-refractivity contribution >= 4 is 5.65 Å². The van der Waals surface area contributed by atoms with Gasteiger partial charge in [-0.15, -0.1) is 0 Å². The van der Waals surface area contributed by atoms with E-state index in [1.165, 1.54) is 0 Å². The number of fused-ring (bicyclic) bond motifs is 1. The molecule has 19 heavy (non-hydrogen) atoms. The fourth-order valence-corrected chi connectivity index (χ4v) is 2.17. The first-order chi connectivity index (χ1) is 9.22. The quantitative estimate of drug-likeness (QED) is 0.718. The molecule has 5 heteroatoms. The number of nitrogens with zero attached hydrogens (tertiary/aromatic N) is 4. The van der Waals surface area contributed by atoms with Crippen LogP contribution in [0.25, 0.3) is 5.65 Å². The van der Waals surface area contributed by atoms with Crippen LogP contribution in [0.4, 0.5) is 0 Å². The second-order valence-corrected chi connectivity index (χ2v) is 4.74. The molecule has 0 aromatic carbocycles. The van der Waals surface area contributed by atoms with Crippen molar-refractivity contribution in [3.63, 3.8) is 0 Å². The Morgan fingerprint density at radius 3 is 3.00 bits per heavy atom. The molecule has 3 aromatic heterocycles. The predicted molar refractivity (Wildman–Crippen MR) is 71.6 cm³/mol. The van der Waals surface area contributed by atoms with Crippen LogP contribution >= 0.6 is 0 Å². The van der Waals surface area contributed by atoms with Gasteiger partial charge >= 0.3 is 0 Å². The monoisotopic (exact) mass is 256 g/mol. The topological polar surface area (TPSA) is 46.6 Å². The number of hydrogen-bond donors (Lipinski definition) is 0. The molecule has 3 heterocycles. The number of furan rings is 1. The lowest BCUT2D eigenvalue weighted by Gasteiger charge is -2.13. The van der Waals surface area contributed by atoms with Gasteiger partial charge < -0.3 is 4.42 Å². The molecule has 0 bridgehead atoms. The minimum Gasteiger partial charge on any atom is -0.465 e. The van der Waals surface area contributed by atoms with Crippen LogP contribution < -0.4 is 0 Å². The predicted octanol–water partition coefficient (Wildman–Crippen LogP) is 2.26. The molecule has 0 unspecified atom stereocenters. The summed E-state index contributed by atoms with van der Waals surface area (Å²) in [6.07, 6.45) is 5.56. The lowest BCUT2D eigenvalue weighted by atomic mass is 10.3. The molecule has 0 aliphatic rings.